The van der Waals surface area contributed by atoms with Crippen molar-refractivity contribution >= 4 is 27.3 Å². The Morgan fingerprint density at radius 1 is 1.33 bits per heavy atom. The Bertz CT molecular complexity index is 504. The van der Waals surface area contributed by atoms with E-state index in [9.17, 15) is 0 Å². The third kappa shape index (κ3) is 3.43. The summed E-state index contributed by atoms with van der Waals surface area (Å²) in [6.45, 7) is 6.99. The number of hydrogen-bond acceptors (Lipinski definition) is 3. The summed E-state index contributed by atoms with van der Waals surface area (Å²) in [4.78, 5) is 1.35. The van der Waals surface area contributed by atoms with E-state index in [4.69, 9.17) is 0 Å². The molecule has 0 atom stereocenters. The average molecular weight is 328 g/mol. The number of nitrogens with one attached hydrogen (secondary N) is 1. The van der Waals surface area contributed by atoms with Crippen molar-refractivity contribution in [3.05, 3.63) is 38.3 Å². The van der Waals surface area contributed by atoms with Crippen molar-refractivity contribution in [2.24, 2.45) is 0 Å². The summed E-state index contributed by atoms with van der Waals surface area (Å²) < 4.78 is 3.24. The highest BCUT2D eigenvalue weighted by molar-refractivity contribution is 9.10. The Labute approximate surface area is 120 Å². The lowest BCUT2D eigenvalue weighted by atomic mass is 10.3. The average Bonchev–Trinajstić information content (AvgIpc) is 2.95. The highest BCUT2D eigenvalue weighted by Gasteiger charge is 2.05. The minimum atomic E-state index is 0.871. The first-order chi connectivity index (χ1) is 8.72. The van der Waals surface area contributed by atoms with Gasteiger partial charge in [0.2, 0.25) is 0 Å². The lowest BCUT2D eigenvalue weighted by Crippen LogP contribution is -2.15. The van der Waals surface area contributed by atoms with Gasteiger partial charge < -0.3 is 5.32 Å². The van der Waals surface area contributed by atoms with Crippen molar-refractivity contribution in [2.75, 3.05) is 0 Å². The summed E-state index contributed by atoms with van der Waals surface area (Å²) in [6, 6.07) is 4.35. The third-order valence-electron chi connectivity index (χ3n) is 2.80. The van der Waals surface area contributed by atoms with Gasteiger partial charge in [-0.3, -0.25) is 4.68 Å². The maximum absolute atomic E-state index is 4.55. The van der Waals surface area contributed by atoms with Crippen molar-refractivity contribution in [3.8, 4) is 0 Å². The van der Waals surface area contributed by atoms with E-state index >= 15 is 0 Å². The van der Waals surface area contributed by atoms with Gasteiger partial charge in [0, 0.05) is 34.4 Å². The molecule has 0 spiro atoms. The molecule has 0 radical (unpaired) electrons. The van der Waals surface area contributed by atoms with Crippen LogP contribution in [0, 0.1) is 0 Å². The molecule has 0 aliphatic heterocycles. The highest BCUT2D eigenvalue weighted by atomic mass is 79.9. The standard InChI is InChI=1S/C13H18BrN3S/c1-3-11-6-12(17(4-2)16-11)7-15-8-13-5-10(14)9-18-13/h5-6,9,15H,3-4,7-8H2,1-2H3. The summed E-state index contributed by atoms with van der Waals surface area (Å²) in [6.07, 6.45) is 0.998. The largest absolute Gasteiger partial charge is 0.306 e. The third-order valence-corrected chi connectivity index (χ3v) is 4.50. The minimum Gasteiger partial charge on any atom is -0.306 e. The Morgan fingerprint density at radius 3 is 2.78 bits per heavy atom. The molecule has 0 unspecified atom stereocenters. The molecule has 2 aromatic heterocycles. The van der Waals surface area contributed by atoms with Gasteiger partial charge in [0.05, 0.1) is 11.4 Å². The number of hydrogen-bond donors (Lipinski definition) is 1. The van der Waals surface area contributed by atoms with Crippen LogP contribution >= 0.6 is 27.3 Å². The summed E-state index contributed by atoms with van der Waals surface area (Å²) >= 11 is 5.25. The predicted octanol–water partition coefficient (Wildman–Crippen LogP) is 3.58. The molecule has 3 nitrogen and oxygen atoms in total. The molecule has 1 N–H and O–H groups in total. The van der Waals surface area contributed by atoms with E-state index in [1.807, 2.05) is 0 Å². The maximum atomic E-state index is 4.55. The summed E-state index contributed by atoms with van der Waals surface area (Å²) in [5, 5.41) is 10.1. The van der Waals surface area contributed by atoms with Gasteiger partial charge >= 0.3 is 0 Å². The van der Waals surface area contributed by atoms with E-state index in [-0.39, 0.29) is 0 Å². The van der Waals surface area contributed by atoms with E-state index in [1.54, 1.807) is 11.3 Å². The first kappa shape index (κ1) is 13.8. The van der Waals surface area contributed by atoms with E-state index in [0.717, 1.165) is 30.5 Å². The van der Waals surface area contributed by atoms with Gasteiger partial charge in [0.1, 0.15) is 0 Å². The molecule has 2 rings (SSSR count). The molecule has 0 saturated heterocycles. The number of thiophene rings is 1. The molecular weight excluding hydrogens is 310 g/mol. The second-order valence-corrected chi connectivity index (χ2v) is 6.04. The Kier molecular flexibility index (Phi) is 4.97. The van der Waals surface area contributed by atoms with Crippen molar-refractivity contribution in [3.63, 3.8) is 0 Å². The fourth-order valence-corrected chi connectivity index (χ4v) is 3.28. The highest BCUT2D eigenvalue weighted by Crippen LogP contribution is 2.19. The van der Waals surface area contributed by atoms with Crippen LogP contribution in [0.25, 0.3) is 0 Å². The normalized spacial score (nSPS) is 11.1. The van der Waals surface area contributed by atoms with Crippen LogP contribution in [0.3, 0.4) is 0 Å². The summed E-state index contributed by atoms with van der Waals surface area (Å²) in [7, 11) is 0. The van der Waals surface area contributed by atoms with Gasteiger partial charge in [-0.15, -0.1) is 11.3 Å². The number of halogens is 1. The smallest absolute Gasteiger partial charge is 0.0625 e. The van der Waals surface area contributed by atoms with Crippen molar-refractivity contribution in [2.45, 2.75) is 39.9 Å². The van der Waals surface area contributed by atoms with Crippen molar-refractivity contribution < 1.29 is 0 Å². The van der Waals surface area contributed by atoms with Gasteiger partial charge in [-0.25, -0.2) is 0 Å². The molecule has 0 saturated carbocycles. The van der Waals surface area contributed by atoms with Crippen LogP contribution in [0.2, 0.25) is 0 Å². The molecule has 0 amide bonds. The van der Waals surface area contributed by atoms with Crippen LogP contribution < -0.4 is 5.32 Å². The Hall–Kier alpha value is -0.650. The van der Waals surface area contributed by atoms with Gasteiger partial charge in [-0.2, -0.15) is 5.10 Å². The van der Waals surface area contributed by atoms with Crippen LogP contribution in [0.15, 0.2) is 22.0 Å². The fourth-order valence-electron chi connectivity index (χ4n) is 1.86. The molecule has 0 aromatic carbocycles. The summed E-state index contributed by atoms with van der Waals surface area (Å²) in [5.74, 6) is 0. The molecule has 2 aromatic rings. The zero-order chi connectivity index (χ0) is 13.0. The SMILES string of the molecule is CCc1cc(CNCc2cc(Br)cs2)n(CC)n1. The van der Waals surface area contributed by atoms with Gasteiger partial charge in [0.25, 0.3) is 0 Å². The summed E-state index contributed by atoms with van der Waals surface area (Å²) in [5.41, 5.74) is 2.44. The lowest BCUT2D eigenvalue weighted by Gasteiger charge is -2.05. The molecule has 0 bridgehead atoms. The predicted molar refractivity (Wildman–Crippen MR) is 79.8 cm³/mol. The monoisotopic (exact) mass is 327 g/mol. The topological polar surface area (TPSA) is 29.9 Å². The van der Waals surface area contributed by atoms with Gasteiger partial charge in [-0.05, 0) is 41.4 Å². The Morgan fingerprint density at radius 2 is 2.17 bits per heavy atom. The van der Waals surface area contributed by atoms with Crippen LogP contribution in [0.1, 0.15) is 30.1 Å². The van der Waals surface area contributed by atoms with E-state index in [1.165, 1.54) is 16.3 Å². The van der Waals surface area contributed by atoms with E-state index in [0.29, 0.717) is 0 Å². The molecular formula is C13H18BrN3S. The van der Waals surface area contributed by atoms with Crippen molar-refractivity contribution in [1.29, 1.82) is 0 Å². The second kappa shape index (κ2) is 6.50. The number of rotatable bonds is 6. The quantitative estimate of drug-likeness (QED) is 0.878. The Balaban J connectivity index is 1.91. The molecule has 98 valence electrons. The second-order valence-electron chi connectivity index (χ2n) is 4.13. The maximum Gasteiger partial charge on any atom is 0.0625 e. The number of nitrogens with zero attached hydrogens (tertiary/aromatic N) is 2. The van der Waals surface area contributed by atoms with Gasteiger partial charge in [0.15, 0.2) is 0 Å². The van der Waals surface area contributed by atoms with Crippen LogP contribution in [-0.4, -0.2) is 9.78 Å². The van der Waals surface area contributed by atoms with Crippen LogP contribution in [-0.2, 0) is 26.1 Å². The molecule has 0 aliphatic rings. The van der Waals surface area contributed by atoms with E-state index < -0.39 is 0 Å². The first-order valence-corrected chi connectivity index (χ1v) is 7.89. The molecule has 2 heterocycles. The number of aromatic nitrogens is 2. The first-order valence-electron chi connectivity index (χ1n) is 6.22. The number of aryl methyl sites for hydroxylation is 2. The van der Waals surface area contributed by atoms with Gasteiger partial charge in [-0.1, -0.05) is 6.92 Å². The van der Waals surface area contributed by atoms with Crippen LogP contribution in [0.4, 0.5) is 0 Å². The van der Waals surface area contributed by atoms with E-state index in [2.05, 4.69) is 62.4 Å². The lowest BCUT2D eigenvalue weighted by molar-refractivity contribution is 0.579. The van der Waals surface area contributed by atoms with Crippen LogP contribution in [0.5, 0.6) is 0 Å². The molecule has 5 heteroatoms. The minimum absolute atomic E-state index is 0.871. The zero-order valence-corrected chi connectivity index (χ0v) is 13.1. The molecule has 0 aliphatic carbocycles. The fraction of sp³-hybridized carbons (Fsp3) is 0.462. The molecule has 18 heavy (non-hydrogen) atoms. The molecule has 0 fully saturated rings. The van der Waals surface area contributed by atoms with Crippen molar-refractivity contribution in [1.82, 2.24) is 15.1 Å². The zero-order valence-electron chi connectivity index (χ0n) is 10.7.